The Hall–Kier alpha value is -1.11. The van der Waals surface area contributed by atoms with Gasteiger partial charge in [0.1, 0.15) is 5.75 Å². The van der Waals surface area contributed by atoms with Crippen molar-refractivity contribution in [3.8, 4) is 0 Å². The number of piperidine rings is 1. The first-order chi connectivity index (χ1) is 8.35. The number of carbonyl (C=O) groups is 2. The fourth-order valence-corrected chi connectivity index (χ4v) is 3.39. The number of rotatable bonds is 5. The predicted molar refractivity (Wildman–Crippen MR) is 65.9 cm³/mol. The van der Waals surface area contributed by atoms with E-state index in [-0.39, 0.29) is 12.3 Å². The maximum Gasteiger partial charge on any atom is 0.308 e. The molecule has 0 bridgehead atoms. The van der Waals surface area contributed by atoms with Gasteiger partial charge < -0.3 is 10.0 Å². The highest BCUT2D eigenvalue weighted by Crippen LogP contribution is 2.17. The van der Waals surface area contributed by atoms with Crippen LogP contribution in [0.4, 0.5) is 0 Å². The second-order valence-corrected chi connectivity index (χ2v) is 6.79. The molecule has 104 valence electrons. The van der Waals surface area contributed by atoms with Crippen molar-refractivity contribution in [1.82, 2.24) is 4.90 Å². The second kappa shape index (κ2) is 6.17. The van der Waals surface area contributed by atoms with Crippen LogP contribution < -0.4 is 0 Å². The van der Waals surface area contributed by atoms with Gasteiger partial charge in [-0.25, -0.2) is 8.42 Å². The Bertz CT molecular complexity index is 417. The summed E-state index contributed by atoms with van der Waals surface area (Å²) in [4.78, 5) is 24.0. The monoisotopic (exact) mass is 277 g/mol. The molecule has 1 heterocycles. The first-order valence-electron chi connectivity index (χ1n) is 6.06. The van der Waals surface area contributed by atoms with Crippen LogP contribution in [0.25, 0.3) is 0 Å². The van der Waals surface area contributed by atoms with E-state index in [2.05, 4.69) is 0 Å². The molecule has 7 heteroatoms. The minimum Gasteiger partial charge on any atom is -0.481 e. The van der Waals surface area contributed by atoms with E-state index in [1.54, 1.807) is 6.92 Å². The third-order valence-corrected chi connectivity index (χ3v) is 4.70. The Morgan fingerprint density at radius 3 is 2.61 bits per heavy atom. The largest absolute Gasteiger partial charge is 0.481 e. The number of likely N-dealkylation sites (tertiary alicyclic amines) is 1. The van der Waals surface area contributed by atoms with Crippen LogP contribution in [0.3, 0.4) is 0 Å². The summed E-state index contributed by atoms with van der Waals surface area (Å²) >= 11 is 0. The number of hydrogen-bond acceptors (Lipinski definition) is 4. The molecule has 1 rings (SSSR count). The van der Waals surface area contributed by atoms with E-state index in [4.69, 9.17) is 5.11 Å². The lowest BCUT2D eigenvalue weighted by atomic mass is 9.98. The highest BCUT2D eigenvalue weighted by Gasteiger charge is 2.29. The number of carboxylic acid groups (broad SMARTS) is 1. The number of hydrogen-bond donors (Lipinski definition) is 1. The first kappa shape index (κ1) is 14.9. The van der Waals surface area contributed by atoms with Crippen molar-refractivity contribution in [2.45, 2.75) is 26.2 Å². The summed E-state index contributed by atoms with van der Waals surface area (Å²) in [5.74, 6) is -2.49. The lowest BCUT2D eigenvalue weighted by Gasteiger charge is -2.30. The number of carbonyl (C=O) groups excluding carboxylic acids is 1. The zero-order chi connectivity index (χ0) is 13.8. The van der Waals surface area contributed by atoms with E-state index in [0.29, 0.717) is 25.8 Å². The van der Waals surface area contributed by atoms with Crippen LogP contribution in [0.15, 0.2) is 0 Å². The molecule has 1 atom stereocenters. The Morgan fingerprint density at radius 1 is 1.39 bits per heavy atom. The van der Waals surface area contributed by atoms with Crippen molar-refractivity contribution in [2.24, 2.45) is 5.92 Å². The Morgan fingerprint density at radius 2 is 2.06 bits per heavy atom. The number of nitrogens with zero attached hydrogens (tertiary/aromatic N) is 1. The average molecular weight is 277 g/mol. The normalized spacial score (nSPS) is 20.7. The Kier molecular flexibility index (Phi) is 5.13. The van der Waals surface area contributed by atoms with Crippen LogP contribution in [-0.4, -0.2) is 54.9 Å². The van der Waals surface area contributed by atoms with Crippen LogP contribution in [0.1, 0.15) is 26.2 Å². The van der Waals surface area contributed by atoms with Crippen molar-refractivity contribution in [2.75, 3.05) is 24.6 Å². The lowest BCUT2D eigenvalue weighted by Crippen LogP contribution is -2.44. The predicted octanol–water partition coefficient (Wildman–Crippen LogP) is 0.134. The average Bonchev–Trinajstić information content (AvgIpc) is 2.28. The van der Waals surface area contributed by atoms with Gasteiger partial charge in [0.2, 0.25) is 5.91 Å². The Balaban J connectivity index is 2.59. The zero-order valence-corrected chi connectivity index (χ0v) is 11.3. The van der Waals surface area contributed by atoms with Gasteiger partial charge >= 0.3 is 5.97 Å². The van der Waals surface area contributed by atoms with Crippen molar-refractivity contribution >= 4 is 21.7 Å². The summed E-state index contributed by atoms with van der Waals surface area (Å²) in [5.41, 5.74) is 0. The molecule has 0 aromatic carbocycles. The molecule has 6 nitrogen and oxygen atoms in total. The molecular formula is C11H19NO5S. The molecule has 0 aromatic rings. The highest BCUT2D eigenvalue weighted by atomic mass is 32.2. The van der Waals surface area contributed by atoms with E-state index in [0.717, 1.165) is 0 Å². The summed E-state index contributed by atoms with van der Waals surface area (Å²) < 4.78 is 23.1. The van der Waals surface area contributed by atoms with E-state index in [1.807, 2.05) is 0 Å². The number of aliphatic carboxylic acids is 1. The zero-order valence-electron chi connectivity index (χ0n) is 10.5. The van der Waals surface area contributed by atoms with Gasteiger partial charge in [-0.15, -0.1) is 0 Å². The maximum atomic E-state index is 11.8. The molecule has 0 spiro atoms. The third-order valence-electron chi connectivity index (χ3n) is 2.98. The molecule has 1 amide bonds. The molecule has 1 aliphatic rings. The van der Waals surface area contributed by atoms with Crippen molar-refractivity contribution in [3.05, 3.63) is 0 Å². The van der Waals surface area contributed by atoms with E-state index in [1.165, 1.54) is 4.90 Å². The second-order valence-electron chi connectivity index (χ2n) is 4.61. The highest BCUT2D eigenvalue weighted by molar-refractivity contribution is 7.92. The van der Waals surface area contributed by atoms with Gasteiger partial charge in [-0.05, 0) is 19.3 Å². The number of carboxylic acids is 1. The number of amides is 1. The summed E-state index contributed by atoms with van der Waals surface area (Å²) in [5, 5.41) is 8.90. The van der Waals surface area contributed by atoms with E-state index < -0.39 is 33.4 Å². The molecule has 1 N–H and O–H groups in total. The molecule has 1 saturated heterocycles. The fraction of sp³-hybridized carbons (Fsp3) is 0.818. The van der Waals surface area contributed by atoms with Gasteiger partial charge in [0.05, 0.1) is 11.7 Å². The van der Waals surface area contributed by atoms with Crippen LogP contribution in [-0.2, 0) is 19.4 Å². The van der Waals surface area contributed by atoms with Crippen LogP contribution >= 0.6 is 0 Å². The van der Waals surface area contributed by atoms with Gasteiger partial charge in [-0.2, -0.15) is 0 Å². The summed E-state index contributed by atoms with van der Waals surface area (Å²) in [7, 11) is -3.36. The van der Waals surface area contributed by atoms with Crippen LogP contribution in [0, 0.1) is 5.92 Å². The SMILES string of the molecule is CCCS(=O)(=O)CC(=O)N1CCC[C@H](C(=O)O)C1. The summed E-state index contributed by atoms with van der Waals surface area (Å²) in [6.07, 6.45) is 1.63. The maximum absolute atomic E-state index is 11.8. The summed E-state index contributed by atoms with van der Waals surface area (Å²) in [6, 6.07) is 0. The van der Waals surface area contributed by atoms with Crippen LogP contribution in [0.2, 0.25) is 0 Å². The fourth-order valence-electron chi connectivity index (χ4n) is 2.07. The van der Waals surface area contributed by atoms with Gasteiger partial charge in [-0.3, -0.25) is 9.59 Å². The summed E-state index contributed by atoms with van der Waals surface area (Å²) in [6.45, 7) is 2.31. The van der Waals surface area contributed by atoms with Crippen molar-refractivity contribution < 1.29 is 23.1 Å². The quantitative estimate of drug-likeness (QED) is 0.771. The molecule has 0 unspecified atom stereocenters. The standard InChI is InChI=1S/C11H19NO5S/c1-2-6-18(16,17)8-10(13)12-5-3-4-9(7-12)11(14)15/h9H,2-8H2,1H3,(H,14,15)/t9-/m0/s1. The smallest absolute Gasteiger partial charge is 0.308 e. The number of sulfone groups is 1. The first-order valence-corrected chi connectivity index (χ1v) is 7.89. The van der Waals surface area contributed by atoms with Crippen molar-refractivity contribution in [3.63, 3.8) is 0 Å². The molecule has 18 heavy (non-hydrogen) atoms. The molecule has 1 fully saturated rings. The van der Waals surface area contributed by atoms with E-state index in [9.17, 15) is 18.0 Å². The molecular weight excluding hydrogens is 258 g/mol. The molecule has 0 radical (unpaired) electrons. The Labute approximate surface area is 107 Å². The topological polar surface area (TPSA) is 91.8 Å². The molecule has 0 saturated carbocycles. The van der Waals surface area contributed by atoms with Gasteiger partial charge in [0.15, 0.2) is 9.84 Å². The minimum absolute atomic E-state index is 0.00502. The lowest BCUT2D eigenvalue weighted by molar-refractivity contribution is -0.145. The van der Waals surface area contributed by atoms with Gasteiger partial charge in [0, 0.05) is 13.1 Å². The molecule has 0 aromatic heterocycles. The van der Waals surface area contributed by atoms with Gasteiger partial charge in [-0.1, -0.05) is 6.92 Å². The molecule has 0 aliphatic carbocycles. The van der Waals surface area contributed by atoms with Crippen LogP contribution in [0.5, 0.6) is 0 Å². The molecule has 1 aliphatic heterocycles. The van der Waals surface area contributed by atoms with E-state index >= 15 is 0 Å². The third kappa shape index (κ3) is 4.29. The van der Waals surface area contributed by atoms with Gasteiger partial charge in [0.25, 0.3) is 0 Å². The minimum atomic E-state index is -3.36. The van der Waals surface area contributed by atoms with Crippen molar-refractivity contribution in [1.29, 1.82) is 0 Å².